The molecule has 4 nitrogen and oxygen atoms in total. The molecule has 4 fully saturated rings. The van der Waals surface area contributed by atoms with E-state index in [1.807, 2.05) is 37.4 Å². The third kappa shape index (κ3) is 8.05. The van der Waals surface area contributed by atoms with Crippen LogP contribution < -0.4 is 5.19 Å². The number of rotatable bonds is 6. The molecule has 0 saturated heterocycles. The summed E-state index contributed by atoms with van der Waals surface area (Å²) in [5.74, 6) is 3.51. The molecule has 2 bridgehead atoms. The third-order valence-corrected chi connectivity index (χ3v) is 14.0. The van der Waals surface area contributed by atoms with Crippen molar-refractivity contribution in [2.24, 2.45) is 17.8 Å². The smallest absolute Gasteiger partial charge is 0.216 e. The molecule has 1 unspecified atom stereocenters. The van der Waals surface area contributed by atoms with Crippen LogP contribution in [-0.2, 0) is 26.5 Å². The van der Waals surface area contributed by atoms with E-state index in [9.17, 15) is 0 Å². The molecule has 4 aliphatic rings. The Labute approximate surface area is 324 Å². The van der Waals surface area contributed by atoms with Gasteiger partial charge in [-0.3, -0.25) is 0 Å². The van der Waals surface area contributed by atoms with E-state index >= 15 is 0 Å². The van der Waals surface area contributed by atoms with Crippen LogP contribution in [0, 0.1) is 36.8 Å². The Hall–Kier alpha value is -3.44. The van der Waals surface area contributed by atoms with Crippen molar-refractivity contribution in [2.75, 3.05) is 0 Å². The van der Waals surface area contributed by atoms with E-state index in [-0.39, 0.29) is 20.1 Å². The zero-order valence-electron chi connectivity index (χ0n) is 31.2. The molecule has 4 saturated carbocycles. The van der Waals surface area contributed by atoms with Crippen molar-refractivity contribution in [3.8, 4) is 22.5 Å². The molecule has 1 radical (unpaired) electrons. The number of hydrogen-bond donors (Lipinski definition) is 0. The van der Waals surface area contributed by atoms with Crippen LogP contribution in [0.2, 0.25) is 19.6 Å². The van der Waals surface area contributed by atoms with E-state index in [1.54, 1.807) is 10.8 Å². The molecule has 2 aromatic carbocycles. The minimum Gasteiger partial charge on any atom is -0.486 e. The average molecular weight is 882 g/mol. The van der Waals surface area contributed by atoms with Gasteiger partial charge in [0.25, 0.3) is 0 Å². The summed E-state index contributed by atoms with van der Waals surface area (Å²) < 4.78 is 5.91. The molecule has 1 atom stereocenters. The molecule has 0 aliphatic heterocycles. The molecule has 0 amide bonds. The molecule has 6 aromatic rings. The van der Waals surface area contributed by atoms with Gasteiger partial charge in [0.15, 0.2) is 0 Å². The SMILES string of the molecule is C[Si](C)(C)c1cnc(-c2[c-]cccc2)cc1C1CCCCC1.Cc1ccc2c(n1)oc1c[c-]c(-c3cc(CC4CC5CCC4CC5)ccn3)cc12.[Ir]. The van der Waals surface area contributed by atoms with E-state index in [0.717, 1.165) is 68.2 Å². The average Bonchev–Trinajstić information content (AvgIpc) is 3.52. The van der Waals surface area contributed by atoms with Crippen LogP contribution >= 0.6 is 0 Å². The number of nitrogens with zero attached hydrogens (tertiary/aromatic N) is 3. The van der Waals surface area contributed by atoms with E-state index in [2.05, 4.69) is 90.4 Å². The molecular formula is C46H51IrN3OSi-2. The number of aromatic nitrogens is 3. The number of hydrogen-bond acceptors (Lipinski definition) is 4. The summed E-state index contributed by atoms with van der Waals surface area (Å²) in [4.78, 5) is 13.9. The van der Waals surface area contributed by atoms with Crippen molar-refractivity contribution in [2.45, 2.75) is 103 Å². The Bertz CT molecular complexity index is 2120. The van der Waals surface area contributed by atoms with Gasteiger partial charge in [0.1, 0.15) is 0 Å². The first-order valence-corrected chi connectivity index (χ1v) is 22.9. The maximum Gasteiger partial charge on any atom is 0.216 e. The fraction of sp³-hybridized carbons (Fsp3) is 0.413. The summed E-state index contributed by atoms with van der Waals surface area (Å²) in [7, 11) is -1.36. The fourth-order valence-corrected chi connectivity index (χ4v) is 10.8. The fourth-order valence-electron chi connectivity index (χ4n) is 9.21. The maximum atomic E-state index is 5.91. The van der Waals surface area contributed by atoms with Crippen LogP contribution in [0.3, 0.4) is 0 Å². The van der Waals surface area contributed by atoms with Gasteiger partial charge in [-0.15, -0.1) is 59.7 Å². The summed E-state index contributed by atoms with van der Waals surface area (Å²) in [6.45, 7) is 9.29. The van der Waals surface area contributed by atoms with Crippen LogP contribution in [0.1, 0.15) is 86.9 Å². The molecule has 271 valence electrons. The molecular weight excluding hydrogens is 831 g/mol. The quantitative estimate of drug-likeness (QED) is 0.124. The van der Waals surface area contributed by atoms with E-state index in [0.29, 0.717) is 5.71 Å². The largest absolute Gasteiger partial charge is 0.486 e. The predicted octanol–water partition coefficient (Wildman–Crippen LogP) is 11.7. The first-order chi connectivity index (χ1) is 24.8. The Balaban J connectivity index is 0.000000165. The summed E-state index contributed by atoms with van der Waals surface area (Å²) in [5.41, 5.74) is 9.70. The number of aryl methyl sites for hydroxylation is 1. The maximum absolute atomic E-state index is 5.91. The summed E-state index contributed by atoms with van der Waals surface area (Å²) in [5, 5.41) is 3.69. The van der Waals surface area contributed by atoms with Gasteiger partial charge < -0.3 is 14.4 Å². The van der Waals surface area contributed by atoms with Crippen molar-refractivity contribution in [1.29, 1.82) is 0 Å². The Morgan fingerprint density at radius 1 is 0.808 bits per heavy atom. The second kappa shape index (κ2) is 15.9. The molecule has 0 spiro atoms. The van der Waals surface area contributed by atoms with Gasteiger partial charge in [-0.1, -0.05) is 80.4 Å². The first-order valence-electron chi connectivity index (χ1n) is 19.4. The Morgan fingerprint density at radius 2 is 1.62 bits per heavy atom. The topological polar surface area (TPSA) is 51.8 Å². The van der Waals surface area contributed by atoms with E-state index < -0.39 is 8.07 Å². The molecule has 4 heterocycles. The summed E-state index contributed by atoms with van der Waals surface area (Å²) >= 11 is 0. The van der Waals surface area contributed by atoms with Crippen LogP contribution in [0.25, 0.3) is 44.6 Å². The Morgan fingerprint density at radius 3 is 2.35 bits per heavy atom. The molecule has 6 heteroatoms. The molecule has 4 aromatic heterocycles. The van der Waals surface area contributed by atoms with Crippen LogP contribution in [-0.4, -0.2) is 23.0 Å². The van der Waals surface area contributed by atoms with Gasteiger partial charge in [-0.2, -0.15) is 0 Å². The van der Waals surface area contributed by atoms with Crippen LogP contribution in [0.15, 0.2) is 83.5 Å². The number of fused-ring (bicyclic) bond motifs is 6. The van der Waals surface area contributed by atoms with Crippen molar-refractivity contribution in [1.82, 2.24) is 15.0 Å². The minimum atomic E-state index is -1.36. The van der Waals surface area contributed by atoms with Gasteiger partial charge in [-0.25, -0.2) is 4.98 Å². The number of benzene rings is 2. The van der Waals surface area contributed by atoms with E-state index in [1.165, 1.54) is 76.2 Å². The van der Waals surface area contributed by atoms with Crippen LogP contribution in [0.5, 0.6) is 0 Å². The van der Waals surface area contributed by atoms with Gasteiger partial charge in [0.2, 0.25) is 5.71 Å². The number of pyridine rings is 3. The van der Waals surface area contributed by atoms with Crippen molar-refractivity contribution < 1.29 is 24.5 Å². The normalized spacial score (nSPS) is 20.3. The molecule has 52 heavy (non-hydrogen) atoms. The third-order valence-electron chi connectivity index (χ3n) is 12.0. The predicted molar refractivity (Wildman–Crippen MR) is 213 cm³/mol. The zero-order valence-corrected chi connectivity index (χ0v) is 34.6. The second-order valence-corrected chi connectivity index (χ2v) is 21.6. The van der Waals surface area contributed by atoms with Crippen molar-refractivity contribution in [3.63, 3.8) is 0 Å². The second-order valence-electron chi connectivity index (χ2n) is 16.6. The van der Waals surface area contributed by atoms with Crippen molar-refractivity contribution >= 4 is 35.3 Å². The summed E-state index contributed by atoms with van der Waals surface area (Å²) in [6, 6.07) is 29.9. The van der Waals surface area contributed by atoms with E-state index in [4.69, 9.17) is 9.40 Å². The number of furan rings is 1. The van der Waals surface area contributed by atoms with Gasteiger partial charge in [-0.05, 0) is 104 Å². The first kappa shape index (κ1) is 36.9. The standard InChI is InChI=1S/C26H25N2O.C20H26NSi.Ir/c1-16-2-8-22-23-15-20(7-9-25(23)29-26(22)28-16)24-14-18(10-11-27-24)13-21-12-17-3-5-19(21)6-4-17;1-22(2,3)20-15-21-19(17-12-8-5-9-13-17)14-18(20)16-10-6-4-7-11-16;/h2,8-11,14-15,17,19,21H,3-6,12-13H2,1H3;5,8-9,12,14-16H,4,6-7,10-11H2,1-3H3;/q2*-1;. The van der Waals surface area contributed by atoms with Gasteiger partial charge in [0.05, 0.1) is 13.7 Å². The monoisotopic (exact) mass is 882 g/mol. The summed E-state index contributed by atoms with van der Waals surface area (Å²) in [6.07, 6.45) is 19.4. The Kier molecular flexibility index (Phi) is 11.3. The van der Waals surface area contributed by atoms with Crippen LogP contribution in [0.4, 0.5) is 0 Å². The van der Waals surface area contributed by atoms with Crippen molar-refractivity contribution in [3.05, 3.63) is 108 Å². The molecule has 4 aliphatic carbocycles. The van der Waals surface area contributed by atoms with Gasteiger partial charge >= 0.3 is 0 Å². The zero-order chi connectivity index (χ0) is 35.0. The molecule has 0 N–H and O–H groups in total. The minimum absolute atomic E-state index is 0. The molecule has 10 rings (SSSR count). The van der Waals surface area contributed by atoms with Gasteiger partial charge in [0, 0.05) is 43.6 Å².